The van der Waals surface area contributed by atoms with E-state index in [0.29, 0.717) is 0 Å². The summed E-state index contributed by atoms with van der Waals surface area (Å²) in [4.78, 5) is 3.89. The fourth-order valence-electron chi connectivity index (χ4n) is 1.54. The Morgan fingerprint density at radius 3 is 3.07 bits per heavy atom. The molecular formula is C11H16N2OS. The van der Waals surface area contributed by atoms with E-state index in [1.807, 2.05) is 18.3 Å². The Kier molecular flexibility index (Phi) is 3.38. The predicted molar refractivity (Wildman–Crippen MR) is 63.9 cm³/mol. The third-order valence-corrected chi connectivity index (χ3v) is 3.00. The Hall–Kier alpha value is -0.870. The fourth-order valence-corrected chi connectivity index (χ4v) is 1.85. The second-order valence-corrected chi connectivity index (χ2v) is 4.37. The minimum absolute atomic E-state index is 0.145. The number of rotatable bonds is 5. The predicted octanol–water partition coefficient (Wildman–Crippen LogP) is 2.03. The van der Waals surface area contributed by atoms with Gasteiger partial charge in [0.1, 0.15) is 11.1 Å². The maximum atomic E-state index is 5.37. The lowest BCUT2D eigenvalue weighted by atomic mass is 10.2. The zero-order valence-electron chi connectivity index (χ0n) is 8.82. The molecule has 0 amide bonds. The third kappa shape index (κ3) is 2.79. The van der Waals surface area contributed by atoms with Crippen LogP contribution in [-0.4, -0.2) is 23.6 Å². The molecule has 0 spiro atoms. The van der Waals surface area contributed by atoms with Gasteiger partial charge in [0.25, 0.3) is 0 Å². The molecule has 1 fully saturated rings. The highest BCUT2D eigenvalue weighted by molar-refractivity contribution is 7.80. The summed E-state index contributed by atoms with van der Waals surface area (Å²) in [5, 5.41) is 3.27. The van der Waals surface area contributed by atoms with Crippen molar-refractivity contribution in [3.63, 3.8) is 0 Å². The smallest absolute Gasteiger partial charge is 0.147 e. The van der Waals surface area contributed by atoms with Crippen LogP contribution in [0.15, 0.2) is 18.3 Å². The summed E-state index contributed by atoms with van der Waals surface area (Å²) in [6.07, 6.45) is 4.39. The SMILES string of the molecule is COC(C(=S)NCC1CC1)c1ccc[nH]1. The standard InChI is InChI=1S/C11H16N2OS/c1-14-10(9-3-2-6-12-9)11(15)13-7-8-4-5-8/h2-3,6,8,10,12H,4-5,7H2,1H3,(H,13,15). The molecule has 1 aliphatic rings. The molecule has 1 saturated carbocycles. The molecule has 0 saturated heterocycles. The van der Waals surface area contributed by atoms with E-state index in [1.165, 1.54) is 12.8 Å². The number of ether oxygens (including phenoxy) is 1. The Morgan fingerprint density at radius 1 is 1.73 bits per heavy atom. The lowest BCUT2D eigenvalue weighted by Crippen LogP contribution is -2.30. The quantitative estimate of drug-likeness (QED) is 0.751. The van der Waals surface area contributed by atoms with Crippen molar-refractivity contribution >= 4 is 17.2 Å². The maximum Gasteiger partial charge on any atom is 0.147 e. The van der Waals surface area contributed by atoms with Crippen LogP contribution in [0.1, 0.15) is 24.6 Å². The van der Waals surface area contributed by atoms with Gasteiger partial charge >= 0.3 is 0 Å². The largest absolute Gasteiger partial charge is 0.377 e. The summed E-state index contributed by atoms with van der Waals surface area (Å²) < 4.78 is 5.37. The summed E-state index contributed by atoms with van der Waals surface area (Å²) in [6, 6.07) is 3.93. The number of H-pyrrole nitrogens is 1. The molecule has 1 heterocycles. The van der Waals surface area contributed by atoms with Crippen LogP contribution in [0, 0.1) is 5.92 Å². The van der Waals surface area contributed by atoms with Gasteiger partial charge in [-0.3, -0.25) is 0 Å². The monoisotopic (exact) mass is 224 g/mol. The van der Waals surface area contributed by atoms with E-state index in [2.05, 4.69) is 10.3 Å². The van der Waals surface area contributed by atoms with Crippen molar-refractivity contribution < 1.29 is 4.74 Å². The van der Waals surface area contributed by atoms with Gasteiger partial charge in [-0.05, 0) is 30.9 Å². The van der Waals surface area contributed by atoms with Crippen LogP contribution in [0.3, 0.4) is 0 Å². The van der Waals surface area contributed by atoms with E-state index in [1.54, 1.807) is 7.11 Å². The Labute approximate surface area is 95.2 Å². The molecular weight excluding hydrogens is 208 g/mol. The molecule has 0 bridgehead atoms. The van der Waals surface area contributed by atoms with Crippen LogP contribution in [0.4, 0.5) is 0 Å². The highest BCUT2D eigenvalue weighted by atomic mass is 32.1. The number of thiocarbonyl (C=S) groups is 1. The number of methoxy groups -OCH3 is 1. The van der Waals surface area contributed by atoms with Crippen molar-refractivity contribution in [3.05, 3.63) is 24.0 Å². The Morgan fingerprint density at radius 2 is 2.53 bits per heavy atom. The first-order valence-corrected chi connectivity index (χ1v) is 5.66. The highest BCUT2D eigenvalue weighted by Gasteiger charge is 2.23. The lowest BCUT2D eigenvalue weighted by molar-refractivity contribution is 0.154. The van der Waals surface area contributed by atoms with E-state index >= 15 is 0 Å². The van der Waals surface area contributed by atoms with Gasteiger partial charge in [0.2, 0.25) is 0 Å². The molecule has 1 unspecified atom stereocenters. The molecule has 4 heteroatoms. The van der Waals surface area contributed by atoms with Crippen molar-refractivity contribution in [1.29, 1.82) is 0 Å². The van der Waals surface area contributed by atoms with Gasteiger partial charge in [-0.2, -0.15) is 0 Å². The Balaban J connectivity index is 1.90. The number of hydrogen-bond donors (Lipinski definition) is 2. The molecule has 2 rings (SSSR count). The summed E-state index contributed by atoms with van der Waals surface area (Å²) in [6.45, 7) is 0.986. The Bertz CT molecular complexity index is 319. The fraction of sp³-hybridized carbons (Fsp3) is 0.545. The first-order valence-electron chi connectivity index (χ1n) is 5.25. The molecule has 1 aliphatic carbocycles. The van der Waals surface area contributed by atoms with Gasteiger partial charge < -0.3 is 15.0 Å². The molecule has 2 N–H and O–H groups in total. The first-order chi connectivity index (χ1) is 7.31. The van der Waals surface area contributed by atoms with Crippen molar-refractivity contribution in [2.45, 2.75) is 18.9 Å². The van der Waals surface area contributed by atoms with Crippen molar-refractivity contribution in [2.24, 2.45) is 5.92 Å². The van der Waals surface area contributed by atoms with Crippen molar-refractivity contribution in [2.75, 3.05) is 13.7 Å². The number of nitrogens with one attached hydrogen (secondary N) is 2. The molecule has 0 radical (unpaired) electrons. The van der Waals surface area contributed by atoms with Gasteiger partial charge in [-0.1, -0.05) is 12.2 Å². The topological polar surface area (TPSA) is 37.0 Å². The minimum Gasteiger partial charge on any atom is -0.377 e. The van der Waals surface area contributed by atoms with Gasteiger partial charge in [-0.25, -0.2) is 0 Å². The summed E-state index contributed by atoms with van der Waals surface area (Å²) in [7, 11) is 1.68. The van der Waals surface area contributed by atoms with Crippen molar-refractivity contribution in [3.8, 4) is 0 Å². The van der Waals surface area contributed by atoms with Crippen LogP contribution in [0.25, 0.3) is 0 Å². The van der Waals surface area contributed by atoms with Crippen LogP contribution in [0.5, 0.6) is 0 Å². The molecule has 15 heavy (non-hydrogen) atoms. The molecule has 3 nitrogen and oxygen atoms in total. The van der Waals surface area contributed by atoms with Gasteiger partial charge in [0.05, 0.1) is 5.69 Å². The molecule has 82 valence electrons. The van der Waals surface area contributed by atoms with Crippen LogP contribution in [0.2, 0.25) is 0 Å². The van der Waals surface area contributed by atoms with E-state index < -0.39 is 0 Å². The van der Waals surface area contributed by atoms with Crippen LogP contribution >= 0.6 is 12.2 Å². The van der Waals surface area contributed by atoms with Crippen LogP contribution < -0.4 is 5.32 Å². The average molecular weight is 224 g/mol. The maximum absolute atomic E-state index is 5.37. The number of aromatic amines is 1. The second-order valence-electron chi connectivity index (χ2n) is 3.93. The van der Waals surface area contributed by atoms with Gasteiger partial charge in [-0.15, -0.1) is 0 Å². The summed E-state index contributed by atoms with van der Waals surface area (Å²) >= 11 is 5.31. The first kappa shape index (κ1) is 10.6. The zero-order chi connectivity index (χ0) is 10.7. The molecule has 0 aliphatic heterocycles. The van der Waals surface area contributed by atoms with Crippen LogP contribution in [-0.2, 0) is 4.74 Å². The second kappa shape index (κ2) is 4.77. The molecule has 1 aromatic rings. The molecule has 1 aromatic heterocycles. The molecule has 1 atom stereocenters. The van der Waals surface area contributed by atoms with Crippen molar-refractivity contribution in [1.82, 2.24) is 10.3 Å². The average Bonchev–Trinajstić information content (AvgIpc) is 2.92. The number of hydrogen-bond acceptors (Lipinski definition) is 2. The van der Waals surface area contributed by atoms with Gasteiger partial charge in [0, 0.05) is 19.9 Å². The van der Waals surface area contributed by atoms with Gasteiger partial charge in [0.15, 0.2) is 0 Å². The zero-order valence-corrected chi connectivity index (χ0v) is 9.64. The number of aromatic nitrogens is 1. The summed E-state index contributed by atoms with van der Waals surface area (Å²) in [5.74, 6) is 0.823. The van der Waals surface area contributed by atoms with E-state index in [-0.39, 0.29) is 6.10 Å². The molecule has 0 aromatic carbocycles. The van der Waals surface area contributed by atoms with E-state index in [9.17, 15) is 0 Å². The third-order valence-electron chi connectivity index (χ3n) is 2.64. The van der Waals surface area contributed by atoms with E-state index in [0.717, 1.165) is 23.1 Å². The highest BCUT2D eigenvalue weighted by Crippen LogP contribution is 2.28. The normalized spacial score (nSPS) is 17.4. The lowest BCUT2D eigenvalue weighted by Gasteiger charge is -2.16. The van der Waals surface area contributed by atoms with E-state index in [4.69, 9.17) is 17.0 Å². The minimum atomic E-state index is -0.145. The summed E-state index contributed by atoms with van der Waals surface area (Å²) in [5.41, 5.74) is 1.01.